The quantitative estimate of drug-likeness (QED) is 0.601. The summed E-state index contributed by atoms with van der Waals surface area (Å²) in [6, 6.07) is 15.1. The lowest BCUT2D eigenvalue weighted by molar-refractivity contribution is -0.122. The molecule has 1 heterocycles. The molecule has 0 fully saturated rings. The maximum absolute atomic E-state index is 12.6. The summed E-state index contributed by atoms with van der Waals surface area (Å²) in [5.74, 6) is 1.26. The summed E-state index contributed by atoms with van der Waals surface area (Å²) in [7, 11) is 0. The lowest BCUT2D eigenvalue weighted by atomic mass is 9.87. The molecule has 158 valence electrons. The summed E-state index contributed by atoms with van der Waals surface area (Å²) in [5.41, 5.74) is 2.44. The number of nitrogens with one attached hydrogen (secondary N) is 1. The Hall–Kier alpha value is -3.35. The average Bonchev–Trinajstić information content (AvgIpc) is 3.16. The maximum atomic E-state index is 12.6. The maximum Gasteiger partial charge on any atom is 0.266 e. The lowest BCUT2D eigenvalue weighted by Gasteiger charge is -2.20. The lowest BCUT2D eigenvalue weighted by Crippen LogP contribution is -2.30. The van der Waals surface area contributed by atoms with Crippen LogP contribution < -0.4 is 14.8 Å². The third kappa shape index (κ3) is 5.17. The van der Waals surface area contributed by atoms with Crippen LogP contribution in [0, 0.1) is 0 Å². The van der Waals surface area contributed by atoms with Gasteiger partial charge in [0, 0.05) is 5.56 Å². The van der Waals surface area contributed by atoms with Crippen molar-refractivity contribution < 1.29 is 18.9 Å². The molecule has 0 spiro atoms. The second-order valence-electron chi connectivity index (χ2n) is 7.94. The van der Waals surface area contributed by atoms with E-state index >= 15 is 0 Å². The minimum absolute atomic E-state index is 0.0543. The largest absolute Gasteiger partial charge is 0.494 e. The number of ether oxygens (including phenoxy) is 2. The molecule has 0 bridgehead atoms. The van der Waals surface area contributed by atoms with Crippen LogP contribution in [0.3, 0.4) is 0 Å². The van der Waals surface area contributed by atoms with Crippen molar-refractivity contribution in [3.8, 4) is 22.8 Å². The van der Waals surface area contributed by atoms with Gasteiger partial charge in [0.1, 0.15) is 11.5 Å². The van der Waals surface area contributed by atoms with Crippen molar-refractivity contribution in [2.24, 2.45) is 0 Å². The first-order valence-corrected chi connectivity index (χ1v) is 9.91. The van der Waals surface area contributed by atoms with Gasteiger partial charge in [-0.1, -0.05) is 32.9 Å². The number of benzene rings is 2. The van der Waals surface area contributed by atoms with Crippen LogP contribution in [0.4, 0.5) is 5.82 Å². The van der Waals surface area contributed by atoms with Crippen LogP contribution in [-0.4, -0.2) is 28.9 Å². The van der Waals surface area contributed by atoms with E-state index in [1.54, 1.807) is 6.92 Å². The van der Waals surface area contributed by atoms with E-state index in [1.165, 1.54) is 5.56 Å². The highest BCUT2D eigenvalue weighted by Crippen LogP contribution is 2.27. The molecule has 7 heteroatoms. The van der Waals surface area contributed by atoms with Crippen LogP contribution in [0.25, 0.3) is 11.3 Å². The summed E-state index contributed by atoms with van der Waals surface area (Å²) in [4.78, 5) is 12.6. The van der Waals surface area contributed by atoms with Crippen LogP contribution in [0.15, 0.2) is 53.2 Å². The Labute approximate surface area is 176 Å². The fourth-order valence-corrected chi connectivity index (χ4v) is 2.85. The molecule has 0 unspecified atom stereocenters. The van der Waals surface area contributed by atoms with Gasteiger partial charge in [0.05, 0.1) is 6.61 Å². The Morgan fingerprint density at radius 3 is 2.27 bits per heavy atom. The first kappa shape index (κ1) is 21.4. The molecule has 1 N–H and O–H groups in total. The van der Waals surface area contributed by atoms with Crippen LogP contribution in [0.1, 0.15) is 40.2 Å². The van der Waals surface area contributed by atoms with Crippen molar-refractivity contribution in [3.63, 3.8) is 0 Å². The molecule has 0 radical (unpaired) electrons. The molecule has 3 aromatic rings. The van der Waals surface area contributed by atoms with Crippen molar-refractivity contribution in [2.75, 3.05) is 11.9 Å². The normalized spacial score (nSPS) is 12.3. The first-order chi connectivity index (χ1) is 14.3. The van der Waals surface area contributed by atoms with Gasteiger partial charge < -0.3 is 14.8 Å². The van der Waals surface area contributed by atoms with Gasteiger partial charge in [0.15, 0.2) is 11.8 Å². The molecule has 0 aliphatic carbocycles. The predicted octanol–water partition coefficient (Wildman–Crippen LogP) is 4.84. The van der Waals surface area contributed by atoms with E-state index in [0.29, 0.717) is 18.1 Å². The fraction of sp³-hybridized carbons (Fsp3) is 0.348. The standard InChI is InChI=1S/C23H27N3O4/c1-6-28-18-11-7-16(8-12-18)20-21(26-30-25-20)24-22(27)15(2)29-19-13-9-17(10-14-19)23(3,4)5/h7-15H,6H2,1-5H3,(H,24,26,27)/t15-/m1/s1. The van der Waals surface area contributed by atoms with E-state index < -0.39 is 6.10 Å². The molecule has 1 amide bonds. The number of hydrogen-bond donors (Lipinski definition) is 1. The summed E-state index contributed by atoms with van der Waals surface area (Å²) < 4.78 is 16.0. The van der Waals surface area contributed by atoms with E-state index in [1.807, 2.05) is 55.5 Å². The number of carbonyl (C=O) groups is 1. The third-order valence-electron chi connectivity index (χ3n) is 4.57. The minimum Gasteiger partial charge on any atom is -0.494 e. The highest BCUT2D eigenvalue weighted by Gasteiger charge is 2.21. The van der Waals surface area contributed by atoms with Gasteiger partial charge in [0.2, 0.25) is 5.82 Å². The molecule has 30 heavy (non-hydrogen) atoms. The zero-order valence-electron chi connectivity index (χ0n) is 17.9. The number of amides is 1. The van der Waals surface area contributed by atoms with Gasteiger partial charge in [-0.2, -0.15) is 0 Å². The van der Waals surface area contributed by atoms with Crippen molar-refractivity contribution in [1.82, 2.24) is 10.3 Å². The molecule has 1 atom stereocenters. The van der Waals surface area contributed by atoms with Crippen LogP contribution >= 0.6 is 0 Å². The van der Waals surface area contributed by atoms with Crippen LogP contribution in [0.2, 0.25) is 0 Å². The van der Waals surface area contributed by atoms with Crippen LogP contribution in [-0.2, 0) is 10.2 Å². The Kier molecular flexibility index (Phi) is 6.40. The average molecular weight is 409 g/mol. The molecular weight excluding hydrogens is 382 g/mol. The second kappa shape index (κ2) is 8.98. The molecule has 3 rings (SSSR count). The van der Waals surface area contributed by atoms with Crippen molar-refractivity contribution in [3.05, 3.63) is 54.1 Å². The molecule has 0 saturated heterocycles. The SMILES string of the molecule is CCOc1ccc(-c2nonc2NC(=O)[C@@H](C)Oc2ccc(C(C)(C)C)cc2)cc1. The smallest absolute Gasteiger partial charge is 0.266 e. The van der Waals surface area contributed by atoms with Gasteiger partial charge in [-0.05, 0) is 71.5 Å². The number of anilines is 1. The van der Waals surface area contributed by atoms with Gasteiger partial charge in [-0.3, -0.25) is 4.79 Å². The van der Waals surface area contributed by atoms with E-state index in [4.69, 9.17) is 14.1 Å². The van der Waals surface area contributed by atoms with Crippen molar-refractivity contribution >= 4 is 11.7 Å². The molecule has 0 aliphatic heterocycles. The topological polar surface area (TPSA) is 86.5 Å². The van der Waals surface area contributed by atoms with E-state index in [9.17, 15) is 4.79 Å². The molecular formula is C23H27N3O4. The van der Waals surface area contributed by atoms with E-state index in [0.717, 1.165) is 11.3 Å². The molecule has 2 aromatic carbocycles. The summed E-state index contributed by atoms with van der Waals surface area (Å²) in [6.45, 7) is 10.6. The fourth-order valence-electron chi connectivity index (χ4n) is 2.85. The van der Waals surface area contributed by atoms with Gasteiger partial charge in [-0.25, -0.2) is 4.63 Å². The van der Waals surface area contributed by atoms with Crippen molar-refractivity contribution in [2.45, 2.75) is 46.1 Å². The highest BCUT2D eigenvalue weighted by atomic mass is 16.6. The Balaban J connectivity index is 1.65. The van der Waals surface area contributed by atoms with Gasteiger partial charge >= 0.3 is 0 Å². The molecule has 1 aromatic heterocycles. The van der Waals surface area contributed by atoms with Crippen LogP contribution in [0.5, 0.6) is 11.5 Å². The van der Waals surface area contributed by atoms with E-state index in [-0.39, 0.29) is 17.1 Å². The Morgan fingerprint density at radius 1 is 1.03 bits per heavy atom. The molecule has 7 nitrogen and oxygen atoms in total. The highest BCUT2D eigenvalue weighted by molar-refractivity contribution is 5.96. The Morgan fingerprint density at radius 2 is 1.67 bits per heavy atom. The third-order valence-corrected chi connectivity index (χ3v) is 4.57. The molecule has 0 saturated carbocycles. The zero-order chi connectivity index (χ0) is 21.7. The summed E-state index contributed by atoms with van der Waals surface area (Å²) >= 11 is 0. The number of rotatable bonds is 7. The Bertz CT molecular complexity index is 973. The monoisotopic (exact) mass is 409 g/mol. The van der Waals surface area contributed by atoms with Crippen molar-refractivity contribution in [1.29, 1.82) is 0 Å². The van der Waals surface area contributed by atoms with E-state index in [2.05, 4.69) is 36.4 Å². The minimum atomic E-state index is -0.727. The van der Waals surface area contributed by atoms with Gasteiger partial charge in [-0.15, -0.1) is 0 Å². The number of hydrogen-bond acceptors (Lipinski definition) is 6. The predicted molar refractivity (Wildman–Crippen MR) is 115 cm³/mol. The summed E-state index contributed by atoms with van der Waals surface area (Å²) in [5, 5.41) is 10.4. The van der Waals surface area contributed by atoms with Gasteiger partial charge in [0.25, 0.3) is 5.91 Å². The zero-order valence-corrected chi connectivity index (χ0v) is 17.9. The molecule has 0 aliphatic rings. The number of nitrogens with zero attached hydrogens (tertiary/aromatic N) is 2. The first-order valence-electron chi connectivity index (χ1n) is 9.91. The second-order valence-corrected chi connectivity index (χ2v) is 7.94. The number of aromatic nitrogens is 2. The number of carbonyl (C=O) groups excluding carboxylic acids is 1. The summed E-state index contributed by atoms with van der Waals surface area (Å²) in [6.07, 6.45) is -0.727.